The van der Waals surface area contributed by atoms with E-state index >= 15 is 0 Å². The topological polar surface area (TPSA) is 55.6 Å². The van der Waals surface area contributed by atoms with E-state index in [0.29, 0.717) is 17.0 Å². The summed E-state index contributed by atoms with van der Waals surface area (Å²) in [4.78, 5) is 9.10. The van der Waals surface area contributed by atoms with Crippen molar-refractivity contribution in [3.8, 4) is 5.69 Å². The molecule has 0 saturated heterocycles. The molecule has 2 aromatic rings. The van der Waals surface area contributed by atoms with Gasteiger partial charge in [0.1, 0.15) is 11.5 Å². The van der Waals surface area contributed by atoms with Gasteiger partial charge in [-0.1, -0.05) is 25.4 Å². The first kappa shape index (κ1) is 13.5. The van der Waals surface area contributed by atoms with Crippen LogP contribution in [0.4, 0.5) is 0 Å². The molecule has 20 heavy (non-hydrogen) atoms. The van der Waals surface area contributed by atoms with E-state index in [-0.39, 0.29) is 0 Å². The van der Waals surface area contributed by atoms with Gasteiger partial charge in [-0.3, -0.25) is 0 Å². The predicted molar refractivity (Wildman–Crippen MR) is 78.1 cm³/mol. The minimum absolute atomic E-state index is 0.310. The van der Waals surface area contributed by atoms with Crippen LogP contribution >= 0.6 is 11.6 Å². The largest absolute Gasteiger partial charge is 0.308 e. The van der Waals surface area contributed by atoms with Crippen molar-refractivity contribution in [3.63, 3.8) is 0 Å². The highest BCUT2D eigenvalue weighted by atomic mass is 35.5. The lowest BCUT2D eigenvalue weighted by Gasteiger charge is -2.12. The highest BCUT2D eigenvalue weighted by molar-refractivity contribution is 6.30. The van der Waals surface area contributed by atoms with Crippen LogP contribution in [0.5, 0.6) is 0 Å². The number of hydrogen-bond donors (Lipinski definition) is 1. The van der Waals surface area contributed by atoms with E-state index in [9.17, 15) is 0 Å². The minimum Gasteiger partial charge on any atom is -0.308 e. The number of rotatable bonds is 5. The van der Waals surface area contributed by atoms with Crippen LogP contribution in [0.15, 0.2) is 18.6 Å². The predicted octanol–water partition coefficient (Wildman–Crippen LogP) is 2.69. The molecule has 0 amide bonds. The molecule has 1 aliphatic rings. The molecule has 0 radical (unpaired) electrons. The Balaban J connectivity index is 1.93. The fourth-order valence-electron chi connectivity index (χ4n) is 1.99. The van der Waals surface area contributed by atoms with Crippen LogP contribution in [0.25, 0.3) is 5.69 Å². The quantitative estimate of drug-likeness (QED) is 0.920. The van der Waals surface area contributed by atoms with E-state index in [1.807, 2.05) is 6.20 Å². The van der Waals surface area contributed by atoms with E-state index in [1.54, 1.807) is 17.1 Å². The van der Waals surface area contributed by atoms with Crippen molar-refractivity contribution in [1.29, 1.82) is 0 Å². The molecule has 0 aliphatic heterocycles. The van der Waals surface area contributed by atoms with Gasteiger partial charge in [0.15, 0.2) is 0 Å². The molecule has 2 aromatic heterocycles. The molecule has 1 aliphatic carbocycles. The van der Waals surface area contributed by atoms with Crippen molar-refractivity contribution in [2.24, 2.45) is 0 Å². The van der Waals surface area contributed by atoms with Crippen molar-refractivity contribution >= 4 is 11.6 Å². The highest BCUT2D eigenvalue weighted by Gasteiger charge is 2.21. The van der Waals surface area contributed by atoms with Crippen molar-refractivity contribution in [2.45, 2.75) is 45.2 Å². The monoisotopic (exact) mass is 291 g/mol. The first-order valence-corrected chi connectivity index (χ1v) is 7.31. The Labute approximate surface area is 123 Å². The average molecular weight is 292 g/mol. The van der Waals surface area contributed by atoms with Gasteiger partial charge in [-0.05, 0) is 12.8 Å². The van der Waals surface area contributed by atoms with Crippen molar-refractivity contribution < 1.29 is 0 Å². The summed E-state index contributed by atoms with van der Waals surface area (Å²) in [5.41, 5.74) is 1.85. The summed E-state index contributed by atoms with van der Waals surface area (Å²) in [7, 11) is 0. The Morgan fingerprint density at radius 3 is 2.80 bits per heavy atom. The van der Waals surface area contributed by atoms with Gasteiger partial charge in [-0.2, -0.15) is 5.10 Å². The first-order valence-electron chi connectivity index (χ1n) is 6.93. The van der Waals surface area contributed by atoms with Gasteiger partial charge in [0, 0.05) is 24.7 Å². The molecule has 0 bridgehead atoms. The number of halogens is 1. The number of aromatic nitrogens is 4. The maximum absolute atomic E-state index is 5.94. The molecule has 1 fully saturated rings. The van der Waals surface area contributed by atoms with Gasteiger partial charge in [0.05, 0.1) is 23.1 Å². The lowest BCUT2D eigenvalue weighted by molar-refractivity contribution is 0.650. The Kier molecular flexibility index (Phi) is 3.72. The number of nitrogens with one attached hydrogen (secondary N) is 1. The molecule has 0 spiro atoms. The Morgan fingerprint density at radius 1 is 1.40 bits per heavy atom. The van der Waals surface area contributed by atoms with E-state index in [1.165, 1.54) is 12.8 Å². The average Bonchev–Trinajstić information content (AvgIpc) is 3.17. The van der Waals surface area contributed by atoms with Gasteiger partial charge >= 0.3 is 0 Å². The second kappa shape index (κ2) is 5.50. The summed E-state index contributed by atoms with van der Waals surface area (Å²) in [5.74, 6) is 1.17. The number of nitrogens with zero attached hydrogens (tertiary/aromatic N) is 4. The summed E-state index contributed by atoms with van der Waals surface area (Å²) in [6.45, 7) is 4.93. The van der Waals surface area contributed by atoms with Crippen LogP contribution in [0, 0.1) is 0 Å². The molecule has 1 N–H and O–H groups in total. The second-order valence-electron chi connectivity index (χ2n) is 5.47. The van der Waals surface area contributed by atoms with Gasteiger partial charge in [-0.15, -0.1) is 0 Å². The molecule has 6 heteroatoms. The summed E-state index contributed by atoms with van der Waals surface area (Å²) in [6, 6.07) is 0.640. The van der Waals surface area contributed by atoms with Gasteiger partial charge < -0.3 is 5.32 Å². The third kappa shape index (κ3) is 2.99. The van der Waals surface area contributed by atoms with Crippen molar-refractivity contribution in [3.05, 3.63) is 35.1 Å². The standard InChI is InChI=1S/C14H18ClN5/c1-9(2)14-17-7-13(20-8-10(15)5-18-20)12(19-14)6-16-11-3-4-11/h5,7-9,11,16H,3-4,6H2,1-2H3. The summed E-state index contributed by atoms with van der Waals surface area (Å²) in [5, 5.41) is 8.34. The van der Waals surface area contributed by atoms with Crippen molar-refractivity contribution in [2.75, 3.05) is 0 Å². The smallest absolute Gasteiger partial charge is 0.131 e. The van der Waals surface area contributed by atoms with Gasteiger partial charge in [-0.25, -0.2) is 14.6 Å². The molecular formula is C14H18ClN5. The van der Waals surface area contributed by atoms with E-state index in [2.05, 4.69) is 34.2 Å². The SMILES string of the molecule is CC(C)c1ncc(-n2cc(Cl)cn2)c(CNC2CC2)n1. The fourth-order valence-corrected chi connectivity index (χ4v) is 2.12. The minimum atomic E-state index is 0.310. The zero-order valence-electron chi connectivity index (χ0n) is 11.7. The Hall–Kier alpha value is -1.46. The first-order chi connectivity index (χ1) is 9.63. The molecule has 106 valence electrons. The summed E-state index contributed by atoms with van der Waals surface area (Å²) >= 11 is 5.94. The van der Waals surface area contributed by atoms with Crippen LogP contribution in [0.2, 0.25) is 5.02 Å². The molecule has 0 aromatic carbocycles. The fraction of sp³-hybridized carbons (Fsp3) is 0.500. The molecule has 5 nitrogen and oxygen atoms in total. The molecule has 0 unspecified atom stereocenters. The van der Waals surface area contributed by atoms with Gasteiger partial charge in [0.2, 0.25) is 0 Å². The summed E-state index contributed by atoms with van der Waals surface area (Å²) < 4.78 is 1.73. The zero-order chi connectivity index (χ0) is 14.1. The van der Waals surface area contributed by atoms with E-state index < -0.39 is 0 Å². The number of hydrogen-bond acceptors (Lipinski definition) is 4. The van der Waals surface area contributed by atoms with Crippen LogP contribution in [0.3, 0.4) is 0 Å². The van der Waals surface area contributed by atoms with E-state index in [4.69, 9.17) is 11.6 Å². The normalized spacial score (nSPS) is 15.0. The Morgan fingerprint density at radius 2 is 2.20 bits per heavy atom. The van der Waals surface area contributed by atoms with Crippen LogP contribution in [-0.2, 0) is 6.54 Å². The van der Waals surface area contributed by atoms with Crippen LogP contribution in [0.1, 0.15) is 44.1 Å². The third-order valence-corrected chi connectivity index (χ3v) is 3.51. The highest BCUT2D eigenvalue weighted by Crippen LogP contribution is 2.21. The zero-order valence-corrected chi connectivity index (χ0v) is 12.4. The lowest BCUT2D eigenvalue weighted by Crippen LogP contribution is -2.19. The lowest BCUT2D eigenvalue weighted by atomic mass is 10.2. The van der Waals surface area contributed by atoms with Crippen LogP contribution < -0.4 is 5.32 Å². The molecule has 2 heterocycles. The molecule has 3 rings (SSSR count). The molecule has 1 saturated carbocycles. The van der Waals surface area contributed by atoms with Gasteiger partial charge in [0.25, 0.3) is 0 Å². The van der Waals surface area contributed by atoms with Crippen molar-refractivity contribution in [1.82, 2.24) is 25.1 Å². The maximum Gasteiger partial charge on any atom is 0.131 e. The maximum atomic E-state index is 5.94. The van der Waals surface area contributed by atoms with E-state index in [0.717, 1.165) is 23.8 Å². The summed E-state index contributed by atoms with van der Waals surface area (Å²) in [6.07, 6.45) is 7.73. The molecular weight excluding hydrogens is 274 g/mol. The van der Waals surface area contributed by atoms with Crippen LogP contribution in [-0.4, -0.2) is 25.8 Å². The molecule has 0 atom stereocenters. The Bertz CT molecular complexity index is 603. The third-order valence-electron chi connectivity index (χ3n) is 3.31. The second-order valence-corrected chi connectivity index (χ2v) is 5.91.